The van der Waals surface area contributed by atoms with E-state index in [0.29, 0.717) is 24.0 Å². The number of carbonyl (C=O) groups is 2. The van der Waals surface area contributed by atoms with Crippen LogP contribution < -0.4 is 0 Å². The molecule has 0 spiro atoms. The number of aliphatic carboxylic acids is 2. The summed E-state index contributed by atoms with van der Waals surface area (Å²) in [7, 11) is 0. The van der Waals surface area contributed by atoms with Crippen LogP contribution in [0.25, 0.3) is 0 Å². The van der Waals surface area contributed by atoms with Gasteiger partial charge in [0.1, 0.15) is 0 Å². The fourth-order valence-electron chi connectivity index (χ4n) is 4.99. The zero-order valence-electron chi connectivity index (χ0n) is 20.8. The van der Waals surface area contributed by atoms with Gasteiger partial charge in [0, 0.05) is 18.6 Å². The summed E-state index contributed by atoms with van der Waals surface area (Å²) < 4.78 is 79.0. The molecule has 0 aromatic heterocycles. The number of rotatable bonds is 8. The van der Waals surface area contributed by atoms with Gasteiger partial charge in [-0.15, -0.1) is 0 Å². The summed E-state index contributed by atoms with van der Waals surface area (Å²) >= 11 is 0. The lowest BCUT2D eigenvalue weighted by Gasteiger charge is -2.46. The van der Waals surface area contributed by atoms with Gasteiger partial charge in [0.15, 0.2) is 5.41 Å². The molecule has 1 fully saturated rings. The third-order valence-corrected chi connectivity index (χ3v) is 7.22. The van der Waals surface area contributed by atoms with Gasteiger partial charge in [-0.2, -0.15) is 26.3 Å². The van der Waals surface area contributed by atoms with Crippen LogP contribution in [0.2, 0.25) is 0 Å². The largest absolute Gasteiger partial charge is 0.480 e. The van der Waals surface area contributed by atoms with E-state index in [2.05, 4.69) is 0 Å². The summed E-state index contributed by atoms with van der Waals surface area (Å²) in [6.07, 6.45) is -8.70. The molecule has 2 atom stereocenters. The molecule has 3 rings (SSSR count). The number of benzene rings is 2. The highest BCUT2D eigenvalue weighted by atomic mass is 19.4. The number of carboxylic acid groups (broad SMARTS) is 2. The molecule has 0 aliphatic carbocycles. The average Bonchev–Trinajstić information content (AvgIpc) is 2.83. The molecule has 0 bridgehead atoms. The molecule has 5 nitrogen and oxygen atoms in total. The Balaban J connectivity index is 2.10. The molecular formula is C27H29F6NO4. The minimum atomic E-state index is -4.60. The van der Waals surface area contributed by atoms with Gasteiger partial charge >= 0.3 is 24.3 Å². The van der Waals surface area contributed by atoms with Crippen LogP contribution in [0.4, 0.5) is 26.3 Å². The normalized spacial score (nSPS) is 19.3. The quantitative estimate of drug-likeness (QED) is 0.271. The lowest BCUT2D eigenvalue weighted by atomic mass is 9.72. The molecule has 1 saturated heterocycles. The van der Waals surface area contributed by atoms with Gasteiger partial charge < -0.3 is 10.2 Å². The van der Waals surface area contributed by atoms with Crippen molar-refractivity contribution in [2.45, 2.75) is 64.0 Å². The first kappa shape index (κ1) is 29.5. The molecule has 1 heterocycles. The van der Waals surface area contributed by atoms with Crippen molar-refractivity contribution in [2.24, 2.45) is 11.3 Å². The molecule has 38 heavy (non-hydrogen) atoms. The predicted octanol–water partition coefficient (Wildman–Crippen LogP) is 7.19. The molecule has 1 aliphatic rings. The number of alkyl halides is 6. The van der Waals surface area contributed by atoms with E-state index in [9.17, 15) is 46.1 Å². The Hall–Kier alpha value is -3.08. The average molecular weight is 546 g/mol. The van der Waals surface area contributed by atoms with Gasteiger partial charge in [-0.25, -0.2) is 0 Å². The molecule has 0 unspecified atom stereocenters. The van der Waals surface area contributed by atoms with Crippen LogP contribution in [0.15, 0.2) is 48.5 Å². The van der Waals surface area contributed by atoms with Crippen molar-refractivity contribution >= 4 is 11.9 Å². The van der Waals surface area contributed by atoms with Crippen molar-refractivity contribution in [2.75, 3.05) is 6.54 Å². The van der Waals surface area contributed by atoms with E-state index in [0.717, 1.165) is 24.3 Å². The molecule has 2 aromatic rings. The number of halogens is 6. The maximum atomic E-state index is 13.2. The van der Waals surface area contributed by atoms with Crippen molar-refractivity contribution in [3.8, 4) is 0 Å². The highest BCUT2D eigenvalue weighted by Crippen LogP contribution is 2.48. The number of nitrogens with zero attached hydrogens (tertiary/aromatic N) is 1. The maximum absolute atomic E-state index is 13.2. The fraction of sp³-hybridized carbons (Fsp3) is 0.481. The Labute approximate surface area is 216 Å². The molecule has 2 aromatic carbocycles. The van der Waals surface area contributed by atoms with Gasteiger partial charge in [0.2, 0.25) is 0 Å². The van der Waals surface area contributed by atoms with E-state index in [1.165, 1.54) is 24.3 Å². The summed E-state index contributed by atoms with van der Waals surface area (Å²) in [6, 6.07) is 7.27. The summed E-state index contributed by atoms with van der Waals surface area (Å²) in [5, 5.41) is 19.7. The number of hydrogen-bond donors (Lipinski definition) is 2. The first-order chi connectivity index (χ1) is 17.6. The summed E-state index contributed by atoms with van der Waals surface area (Å²) in [5.74, 6) is -2.87. The van der Waals surface area contributed by atoms with Crippen LogP contribution in [0.5, 0.6) is 0 Å². The van der Waals surface area contributed by atoms with Crippen molar-refractivity contribution in [3.05, 3.63) is 70.8 Å². The second-order valence-electron chi connectivity index (χ2n) is 10.1. The molecule has 1 aliphatic heterocycles. The summed E-state index contributed by atoms with van der Waals surface area (Å²) in [6.45, 7) is 3.90. The zero-order chi connectivity index (χ0) is 28.5. The SMILES string of the molecule is CC(C)CC[C@@H](c1ccc(C(F)(F)F)cc1)N1CCC(C(=O)O)(C(=O)O)C[C@@H]1c1ccc(C(F)(F)F)cc1. The Kier molecular flexibility index (Phi) is 8.50. The van der Waals surface area contributed by atoms with Crippen LogP contribution in [0.3, 0.4) is 0 Å². The first-order valence-electron chi connectivity index (χ1n) is 12.1. The Morgan fingerprint density at radius 1 is 0.868 bits per heavy atom. The fourth-order valence-corrected chi connectivity index (χ4v) is 4.99. The van der Waals surface area contributed by atoms with E-state index >= 15 is 0 Å². The summed E-state index contributed by atoms with van der Waals surface area (Å²) in [4.78, 5) is 26.1. The zero-order valence-corrected chi connectivity index (χ0v) is 20.8. The molecule has 2 N–H and O–H groups in total. The number of likely N-dealkylation sites (tertiary alicyclic amines) is 1. The van der Waals surface area contributed by atoms with E-state index in [1.54, 1.807) is 0 Å². The Morgan fingerprint density at radius 2 is 1.34 bits per heavy atom. The minimum absolute atomic E-state index is 0.0337. The van der Waals surface area contributed by atoms with Crippen LogP contribution in [-0.4, -0.2) is 33.6 Å². The predicted molar refractivity (Wildman–Crippen MR) is 126 cm³/mol. The first-order valence-corrected chi connectivity index (χ1v) is 12.1. The van der Waals surface area contributed by atoms with Crippen molar-refractivity contribution in [1.82, 2.24) is 4.90 Å². The molecule has 0 radical (unpaired) electrons. The smallest absolute Gasteiger partial charge is 0.416 e. The van der Waals surface area contributed by atoms with E-state index in [4.69, 9.17) is 0 Å². The van der Waals surface area contributed by atoms with Crippen LogP contribution in [0, 0.1) is 11.3 Å². The summed E-state index contributed by atoms with van der Waals surface area (Å²) in [5.41, 5.74) is -3.09. The van der Waals surface area contributed by atoms with Crippen LogP contribution in [0.1, 0.15) is 73.9 Å². The Bertz CT molecular complexity index is 1110. The van der Waals surface area contributed by atoms with Crippen LogP contribution in [-0.2, 0) is 21.9 Å². The van der Waals surface area contributed by atoms with E-state index in [1.807, 2.05) is 18.7 Å². The van der Waals surface area contributed by atoms with Crippen LogP contribution >= 0.6 is 0 Å². The van der Waals surface area contributed by atoms with Gasteiger partial charge in [0.25, 0.3) is 0 Å². The standard InChI is InChI=1S/C27H29F6NO4/c1-16(2)3-12-21(17-4-8-19(9-5-17)26(28,29)30)34-14-13-25(23(35)36,24(37)38)15-22(34)18-6-10-20(11-7-18)27(31,32)33/h4-11,16,21-22H,3,12-15H2,1-2H3,(H,35,36)(H,37,38)/t21-,22+/m0/s1. The van der Waals surface area contributed by atoms with Crippen molar-refractivity contribution < 1.29 is 46.1 Å². The monoisotopic (exact) mass is 545 g/mol. The molecule has 0 amide bonds. The van der Waals surface area contributed by atoms with E-state index < -0.39 is 59.3 Å². The number of piperidine rings is 1. The van der Waals surface area contributed by atoms with Gasteiger partial charge in [-0.3, -0.25) is 14.5 Å². The molecule has 11 heteroatoms. The van der Waals surface area contributed by atoms with E-state index in [-0.39, 0.29) is 18.9 Å². The highest BCUT2D eigenvalue weighted by Gasteiger charge is 2.53. The lowest BCUT2D eigenvalue weighted by Crippen LogP contribution is -2.51. The van der Waals surface area contributed by atoms with Gasteiger partial charge in [-0.05, 0) is 67.0 Å². The molecule has 208 valence electrons. The molecular weight excluding hydrogens is 516 g/mol. The van der Waals surface area contributed by atoms with Gasteiger partial charge in [0.05, 0.1) is 11.1 Å². The third-order valence-electron chi connectivity index (χ3n) is 7.22. The second-order valence-corrected chi connectivity index (χ2v) is 10.1. The minimum Gasteiger partial charge on any atom is -0.480 e. The van der Waals surface area contributed by atoms with Crippen molar-refractivity contribution in [3.63, 3.8) is 0 Å². The Morgan fingerprint density at radius 3 is 1.76 bits per heavy atom. The second kappa shape index (κ2) is 11.0. The molecule has 0 saturated carbocycles. The number of carboxylic acids is 2. The third kappa shape index (κ3) is 6.31. The number of hydrogen-bond acceptors (Lipinski definition) is 3. The highest BCUT2D eigenvalue weighted by molar-refractivity contribution is 5.98. The maximum Gasteiger partial charge on any atom is 0.416 e. The topological polar surface area (TPSA) is 77.8 Å². The van der Waals surface area contributed by atoms with Gasteiger partial charge in [-0.1, -0.05) is 38.1 Å². The van der Waals surface area contributed by atoms with Crippen molar-refractivity contribution in [1.29, 1.82) is 0 Å². The lowest BCUT2D eigenvalue weighted by molar-refractivity contribution is -0.171.